The minimum atomic E-state index is -1.22. The number of pyridine rings is 2. The largest absolute Gasteiger partial charge is 0.383 e. The molecule has 1 aromatic carbocycles. The zero-order chi connectivity index (χ0) is 31.0. The third-order valence-corrected chi connectivity index (χ3v) is 7.59. The number of aromatic nitrogens is 4. The number of benzene rings is 1. The number of carbonyl (C=O) groups is 2. The highest BCUT2D eigenvalue weighted by molar-refractivity contribution is 5.97. The molecule has 0 bridgehead atoms. The first-order valence-corrected chi connectivity index (χ1v) is 13.9. The first kappa shape index (κ1) is 29.3. The summed E-state index contributed by atoms with van der Waals surface area (Å²) in [4.78, 5) is 41.3. The second-order valence-corrected chi connectivity index (χ2v) is 10.6. The number of rotatable bonds is 8. The topological polar surface area (TPSA) is 127 Å². The van der Waals surface area contributed by atoms with E-state index < -0.39 is 29.9 Å². The molecule has 228 valence electrons. The van der Waals surface area contributed by atoms with E-state index in [4.69, 9.17) is 14.7 Å². The van der Waals surface area contributed by atoms with Crippen LogP contribution in [0.3, 0.4) is 0 Å². The van der Waals surface area contributed by atoms with Crippen LogP contribution in [0.4, 0.5) is 19.4 Å². The average molecular weight is 605 g/mol. The summed E-state index contributed by atoms with van der Waals surface area (Å²) < 4.78 is 34.4. The Hall–Kier alpha value is -4.79. The molecule has 5 heterocycles. The van der Waals surface area contributed by atoms with Crippen molar-refractivity contribution in [2.24, 2.45) is 0 Å². The highest BCUT2D eigenvalue weighted by Gasteiger charge is 2.37. The Morgan fingerprint density at radius 2 is 1.93 bits per heavy atom. The number of fused-ring (bicyclic) bond motifs is 1. The van der Waals surface area contributed by atoms with Crippen LogP contribution in [0.1, 0.15) is 33.3 Å². The highest BCUT2D eigenvalue weighted by Crippen LogP contribution is 2.33. The summed E-state index contributed by atoms with van der Waals surface area (Å²) >= 11 is 0. The predicted molar refractivity (Wildman–Crippen MR) is 155 cm³/mol. The molecule has 1 fully saturated rings. The number of hydrogen-bond donors (Lipinski definition) is 2. The lowest BCUT2D eigenvalue weighted by Crippen LogP contribution is -2.42. The standard InChI is InChI=1S/C30H30F2N8O4/c1-17-24(18-11-20-15-38(2)29(41)25(20)33-13-18)37-40(21-7-5-4-6-8-21)28(17)36-30(42)35-23-16-39(9-10-43-3)44-26(23)19-12-22(31)27(32)34-14-19/h4-8,11-14,23,26H,9-10,15-16H2,1-3H3,(H2,35,36,42)/t23-,26+/m1/s1. The molecule has 6 rings (SSSR count). The molecular weight excluding hydrogens is 574 g/mol. The number of nitrogens with zero attached hydrogens (tertiary/aromatic N) is 6. The van der Waals surface area contributed by atoms with E-state index >= 15 is 0 Å². The van der Waals surface area contributed by atoms with Gasteiger partial charge >= 0.3 is 6.03 Å². The van der Waals surface area contributed by atoms with Crippen LogP contribution < -0.4 is 10.6 Å². The van der Waals surface area contributed by atoms with Crippen LogP contribution in [-0.2, 0) is 16.1 Å². The van der Waals surface area contributed by atoms with E-state index in [1.807, 2.05) is 43.3 Å². The SMILES string of the molecule is COCCN1C[C@@H](NC(=O)Nc2c(C)c(-c3cnc4c(c3)CN(C)C4=O)nn2-c2ccccc2)[C@H](c2cnc(F)c(F)c2)O1. The van der Waals surface area contributed by atoms with Crippen molar-refractivity contribution < 1.29 is 27.9 Å². The molecular formula is C30H30F2N8O4. The van der Waals surface area contributed by atoms with Crippen LogP contribution in [0, 0.1) is 18.7 Å². The normalized spacial score (nSPS) is 18.1. The molecule has 12 nitrogen and oxygen atoms in total. The number of nitrogens with one attached hydrogen (secondary N) is 2. The van der Waals surface area contributed by atoms with Crippen molar-refractivity contribution in [2.45, 2.75) is 25.6 Å². The van der Waals surface area contributed by atoms with Gasteiger partial charge in [0.1, 0.15) is 17.6 Å². The average Bonchev–Trinajstić information content (AvgIpc) is 3.66. The van der Waals surface area contributed by atoms with Gasteiger partial charge in [0.05, 0.1) is 24.0 Å². The third-order valence-electron chi connectivity index (χ3n) is 7.59. The molecule has 0 aliphatic carbocycles. The number of ether oxygens (including phenoxy) is 1. The van der Waals surface area contributed by atoms with Crippen molar-refractivity contribution >= 4 is 17.8 Å². The van der Waals surface area contributed by atoms with Crippen molar-refractivity contribution in [3.63, 3.8) is 0 Å². The van der Waals surface area contributed by atoms with Gasteiger partial charge in [-0.2, -0.15) is 14.6 Å². The molecule has 4 aromatic rings. The van der Waals surface area contributed by atoms with Gasteiger partial charge in [-0.1, -0.05) is 18.2 Å². The van der Waals surface area contributed by atoms with Crippen LogP contribution in [-0.4, -0.2) is 81.5 Å². The second-order valence-electron chi connectivity index (χ2n) is 10.6. The number of halogens is 2. The minimum absolute atomic E-state index is 0.133. The molecule has 0 saturated carbocycles. The van der Waals surface area contributed by atoms with Gasteiger partial charge < -0.3 is 15.0 Å². The lowest BCUT2D eigenvalue weighted by molar-refractivity contribution is -0.154. The molecule has 44 heavy (non-hydrogen) atoms. The molecule has 0 unspecified atom stereocenters. The van der Waals surface area contributed by atoms with Crippen molar-refractivity contribution in [3.05, 3.63) is 89.0 Å². The number of urea groups is 1. The Morgan fingerprint density at radius 1 is 1.14 bits per heavy atom. The monoisotopic (exact) mass is 604 g/mol. The van der Waals surface area contributed by atoms with E-state index in [1.54, 1.807) is 35.0 Å². The lowest BCUT2D eigenvalue weighted by Gasteiger charge is -2.19. The number of carbonyl (C=O) groups excluding carboxylic acids is 2. The van der Waals surface area contributed by atoms with Gasteiger partial charge in [0.15, 0.2) is 5.82 Å². The second kappa shape index (κ2) is 12.1. The molecule has 3 amide bonds. The van der Waals surface area contributed by atoms with E-state index in [2.05, 4.69) is 20.6 Å². The van der Waals surface area contributed by atoms with Crippen LogP contribution in [0.5, 0.6) is 0 Å². The molecule has 2 aliphatic rings. The maximum Gasteiger partial charge on any atom is 0.320 e. The zero-order valence-electron chi connectivity index (χ0n) is 24.3. The van der Waals surface area contributed by atoms with Gasteiger partial charge in [-0.25, -0.2) is 18.9 Å². The predicted octanol–water partition coefficient (Wildman–Crippen LogP) is 3.63. The van der Waals surface area contributed by atoms with Gasteiger partial charge in [-0.15, -0.1) is 0 Å². The third kappa shape index (κ3) is 5.62. The molecule has 2 aliphatic heterocycles. The van der Waals surface area contributed by atoms with E-state index in [0.29, 0.717) is 53.7 Å². The molecule has 0 spiro atoms. The number of amides is 3. The fourth-order valence-corrected chi connectivity index (χ4v) is 5.38. The van der Waals surface area contributed by atoms with Crippen molar-refractivity contribution in [1.82, 2.24) is 35.0 Å². The maximum absolute atomic E-state index is 14.1. The van der Waals surface area contributed by atoms with Gasteiger partial charge in [-0.3, -0.25) is 19.9 Å². The van der Waals surface area contributed by atoms with Crippen molar-refractivity contribution in [2.75, 3.05) is 39.2 Å². The van der Waals surface area contributed by atoms with Crippen LogP contribution >= 0.6 is 0 Å². The molecule has 14 heteroatoms. The Bertz CT molecular complexity index is 1720. The number of hydroxylamine groups is 2. The quantitative estimate of drug-likeness (QED) is 0.292. The van der Waals surface area contributed by atoms with Gasteiger partial charge in [0, 0.05) is 68.4 Å². The fraction of sp³-hybridized carbons (Fsp3) is 0.300. The van der Waals surface area contributed by atoms with Gasteiger partial charge in [-0.05, 0) is 31.2 Å². The highest BCUT2D eigenvalue weighted by atomic mass is 19.2. The zero-order valence-corrected chi connectivity index (χ0v) is 24.3. The Balaban J connectivity index is 1.29. The molecule has 1 saturated heterocycles. The van der Waals surface area contributed by atoms with Crippen molar-refractivity contribution in [3.8, 4) is 16.9 Å². The number of methoxy groups -OCH3 is 1. The van der Waals surface area contributed by atoms with E-state index in [1.165, 1.54) is 6.20 Å². The molecule has 2 N–H and O–H groups in total. The number of anilines is 1. The molecule has 0 radical (unpaired) electrons. The summed E-state index contributed by atoms with van der Waals surface area (Å²) in [6.45, 7) is 3.30. The van der Waals surface area contributed by atoms with Crippen LogP contribution in [0.15, 0.2) is 54.9 Å². The smallest absolute Gasteiger partial charge is 0.320 e. The van der Waals surface area contributed by atoms with E-state index in [-0.39, 0.29) is 18.0 Å². The summed E-state index contributed by atoms with van der Waals surface area (Å²) in [6, 6.07) is 11.0. The molecule has 2 atom stereocenters. The first-order valence-electron chi connectivity index (χ1n) is 13.9. The number of para-hydroxylation sites is 1. The Kier molecular flexibility index (Phi) is 8.03. The summed E-state index contributed by atoms with van der Waals surface area (Å²) in [5.74, 6) is -2.05. The minimum Gasteiger partial charge on any atom is -0.383 e. The summed E-state index contributed by atoms with van der Waals surface area (Å²) in [7, 11) is 3.28. The van der Waals surface area contributed by atoms with E-state index in [9.17, 15) is 18.4 Å². The maximum atomic E-state index is 14.1. The number of hydrogen-bond acceptors (Lipinski definition) is 8. The van der Waals surface area contributed by atoms with Crippen LogP contribution in [0.2, 0.25) is 0 Å². The van der Waals surface area contributed by atoms with Gasteiger partial charge in [0.2, 0.25) is 5.95 Å². The van der Waals surface area contributed by atoms with Crippen LogP contribution in [0.25, 0.3) is 16.9 Å². The first-order chi connectivity index (χ1) is 21.2. The summed E-state index contributed by atoms with van der Waals surface area (Å²) in [5.41, 5.74) is 4.16. The summed E-state index contributed by atoms with van der Waals surface area (Å²) in [5, 5.41) is 12.3. The lowest BCUT2D eigenvalue weighted by atomic mass is 10.0. The molecule has 3 aromatic heterocycles. The van der Waals surface area contributed by atoms with Crippen molar-refractivity contribution in [1.29, 1.82) is 0 Å². The summed E-state index contributed by atoms with van der Waals surface area (Å²) in [6.07, 6.45) is 1.97. The Morgan fingerprint density at radius 3 is 2.68 bits per heavy atom. The van der Waals surface area contributed by atoms with Gasteiger partial charge in [0.25, 0.3) is 5.91 Å². The fourth-order valence-electron chi connectivity index (χ4n) is 5.38. The Labute approximate surface area is 251 Å². The van der Waals surface area contributed by atoms with E-state index in [0.717, 1.165) is 11.6 Å².